The van der Waals surface area contributed by atoms with E-state index in [4.69, 9.17) is 0 Å². The van der Waals surface area contributed by atoms with Crippen LogP contribution in [0.4, 0.5) is 0 Å². The smallest absolute Gasteiger partial charge is 0.0133 e. The zero-order valence-electron chi connectivity index (χ0n) is 7.96. The van der Waals surface area contributed by atoms with Gasteiger partial charge in [0.2, 0.25) is 0 Å². The fraction of sp³-hybridized carbons (Fsp3) is 0.167. The minimum Gasteiger partial charge on any atom is -0.149 e. The van der Waals surface area contributed by atoms with Crippen LogP contribution in [0.2, 0.25) is 0 Å². The van der Waals surface area contributed by atoms with Crippen LogP contribution in [0.25, 0.3) is 0 Å². The molecule has 0 aliphatic carbocycles. The summed E-state index contributed by atoms with van der Waals surface area (Å²) in [7, 11) is 0. The van der Waals surface area contributed by atoms with E-state index >= 15 is 0 Å². The molecule has 0 unspecified atom stereocenters. The number of hydrogen-bond acceptors (Lipinski definition) is 1. The molecule has 2 aromatic rings. The van der Waals surface area contributed by atoms with Crippen molar-refractivity contribution in [2.24, 2.45) is 0 Å². The Labute approximate surface area is 102 Å². The van der Waals surface area contributed by atoms with Gasteiger partial charge in [0.15, 0.2) is 0 Å². The fourth-order valence-corrected chi connectivity index (χ4v) is 2.79. The second-order valence-electron chi connectivity index (χ2n) is 3.37. The van der Waals surface area contributed by atoms with Crippen LogP contribution in [0.5, 0.6) is 0 Å². The molecule has 0 bridgehead atoms. The molecule has 0 spiro atoms. The summed E-state index contributed by atoms with van der Waals surface area (Å²) >= 11 is 4.18. The summed E-state index contributed by atoms with van der Waals surface area (Å²) in [5.41, 5.74) is 2.82. The molecule has 2 rings (SSSR count). The second kappa shape index (κ2) is 4.45. The Morgan fingerprint density at radius 3 is 2.71 bits per heavy atom. The average molecular weight is 314 g/mol. The van der Waals surface area contributed by atoms with Gasteiger partial charge in [0.1, 0.15) is 0 Å². The first-order chi connectivity index (χ1) is 6.74. The Morgan fingerprint density at radius 1 is 1.21 bits per heavy atom. The summed E-state index contributed by atoms with van der Waals surface area (Å²) in [6, 6.07) is 11.0. The van der Waals surface area contributed by atoms with Crippen LogP contribution in [0.15, 0.2) is 35.7 Å². The lowest BCUT2D eigenvalue weighted by molar-refractivity contribution is 1.20. The molecular formula is C12H11IS. The van der Waals surface area contributed by atoms with E-state index in [1.54, 1.807) is 0 Å². The third-order valence-electron chi connectivity index (χ3n) is 2.08. The summed E-state index contributed by atoms with van der Waals surface area (Å²) in [4.78, 5) is 1.39. The molecule has 0 aliphatic rings. The number of aryl methyl sites for hydroxylation is 1. The summed E-state index contributed by atoms with van der Waals surface area (Å²) in [5.74, 6) is 0. The lowest BCUT2D eigenvalue weighted by Crippen LogP contribution is -1.85. The molecular weight excluding hydrogens is 303 g/mol. The maximum absolute atomic E-state index is 2.36. The van der Waals surface area contributed by atoms with Crippen LogP contribution >= 0.6 is 33.9 Å². The van der Waals surface area contributed by atoms with Gasteiger partial charge in [0.25, 0.3) is 0 Å². The lowest BCUT2D eigenvalue weighted by Gasteiger charge is -1.99. The van der Waals surface area contributed by atoms with Gasteiger partial charge in [-0.3, -0.25) is 0 Å². The van der Waals surface area contributed by atoms with Crippen LogP contribution in [-0.4, -0.2) is 0 Å². The highest BCUT2D eigenvalue weighted by molar-refractivity contribution is 14.1. The van der Waals surface area contributed by atoms with Crippen LogP contribution in [0.3, 0.4) is 0 Å². The van der Waals surface area contributed by atoms with Gasteiger partial charge in [0, 0.05) is 8.45 Å². The Hall–Kier alpha value is -0.350. The number of benzene rings is 1. The van der Waals surface area contributed by atoms with E-state index in [2.05, 4.69) is 65.2 Å². The molecule has 1 heterocycles. The van der Waals surface area contributed by atoms with Crippen molar-refractivity contribution < 1.29 is 0 Å². The molecule has 0 amide bonds. The molecule has 14 heavy (non-hydrogen) atoms. The maximum Gasteiger partial charge on any atom is 0.0133 e. The zero-order valence-corrected chi connectivity index (χ0v) is 10.9. The van der Waals surface area contributed by atoms with Gasteiger partial charge in [-0.1, -0.05) is 12.1 Å². The van der Waals surface area contributed by atoms with E-state index < -0.39 is 0 Å². The van der Waals surface area contributed by atoms with Gasteiger partial charge >= 0.3 is 0 Å². The molecule has 0 saturated carbocycles. The van der Waals surface area contributed by atoms with Gasteiger partial charge in [-0.05, 0) is 70.6 Å². The van der Waals surface area contributed by atoms with E-state index in [1.807, 2.05) is 11.3 Å². The third-order valence-corrected chi connectivity index (χ3v) is 3.66. The number of hydrogen-bond donors (Lipinski definition) is 0. The van der Waals surface area contributed by atoms with Gasteiger partial charge in [-0.25, -0.2) is 0 Å². The predicted molar refractivity (Wildman–Crippen MR) is 71.0 cm³/mol. The van der Waals surface area contributed by atoms with E-state index in [1.165, 1.54) is 19.6 Å². The Balaban J connectivity index is 2.18. The molecule has 0 N–H and O–H groups in total. The standard InChI is InChI=1S/C12H11IS/c1-9-5-11(8-14-9)6-10-3-2-4-12(13)7-10/h2-5,7-8H,6H2,1H3. The first-order valence-electron chi connectivity index (χ1n) is 4.52. The SMILES string of the molecule is Cc1cc(Cc2cccc(I)c2)cs1. The minimum atomic E-state index is 1.06. The van der Waals surface area contributed by atoms with E-state index in [0.29, 0.717) is 0 Å². The Morgan fingerprint density at radius 2 is 2.07 bits per heavy atom. The second-order valence-corrected chi connectivity index (χ2v) is 5.73. The van der Waals surface area contributed by atoms with Gasteiger partial charge in [0.05, 0.1) is 0 Å². The monoisotopic (exact) mass is 314 g/mol. The molecule has 0 nitrogen and oxygen atoms in total. The van der Waals surface area contributed by atoms with Gasteiger partial charge in [-0.2, -0.15) is 0 Å². The molecule has 72 valence electrons. The predicted octanol–water partition coefficient (Wildman–Crippen LogP) is 4.25. The van der Waals surface area contributed by atoms with Crippen LogP contribution in [-0.2, 0) is 6.42 Å². The molecule has 0 saturated heterocycles. The van der Waals surface area contributed by atoms with Crippen molar-refractivity contribution in [2.45, 2.75) is 13.3 Å². The summed E-state index contributed by atoms with van der Waals surface area (Å²) < 4.78 is 1.31. The Bertz CT molecular complexity index is 431. The van der Waals surface area contributed by atoms with Crippen LogP contribution in [0.1, 0.15) is 16.0 Å². The number of halogens is 1. The van der Waals surface area contributed by atoms with E-state index in [0.717, 1.165) is 6.42 Å². The molecule has 2 heteroatoms. The number of rotatable bonds is 2. The average Bonchev–Trinajstić information content (AvgIpc) is 2.51. The molecule has 0 aliphatic heterocycles. The molecule has 1 aromatic heterocycles. The summed E-state index contributed by atoms with van der Waals surface area (Å²) in [5, 5.41) is 2.25. The van der Waals surface area contributed by atoms with Crippen molar-refractivity contribution in [3.63, 3.8) is 0 Å². The minimum absolute atomic E-state index is 1.06. The maximum atomic E-state index is 2.36. The van der Waals surface area contributed by atoms with Crippen molar-refractivity contribution in [3.8, 4) is 0 Å². The first-order valence-corrected chi connectivity index (χ1v) is 6.48. The van der Waals surface area contributed by atoms with Crippen molar-refractivity contribution in [1.29, 1.82) is 0 Å². The number of thiophene rings is 1. The molecule has 1 aromatic carbocycles. The van der Waals surface area contributed by atoms with Crippen LogP contribution in [0, 0.1) is 10.5 Å². The topological polar surface area (TPSA) is 0 Å². The van der Waals surface area contributed by atoms with Gasteiger partial charge in [-0.15, -0.1) is 11.3 Å². The molecule has 0 radical (unpaired) electrons. The zero-order chi connectivity index (χ0) is 9.97. The lowest BCUT2D eigenvalue weighted by atomic mass is 10.1. The van der Waals surface area contributed by atoms with Crippen molar-refractivity contribution in [2.75, 3.05) is 0 Å². The summed E-state index contributed by atoms with van der Waals surface area (Å²) in [6.45, 7) is 2.16. The van der Waals surface area contributed by atoms with Crippen molar-refractivity contribution >= 4 is 33.9 Å². The molecule has 0 atom stereocenters. The molecule has 0 fully saturated rings. The fourth-order valence-electron chi connectivity index (χ4n) is 1.47. The first kappa shape index (κ1) is 10.2. The van der Waals surface area contributed by atoms with Crippen molar-refractivity contribution in [1.82, 2.24) is 0 Å². The quantitative estimate of drug-likeness (QED) is 0.727. The van der Waals surface area contributed by atoms with Crippen LogP contribution < -0.4 is 0 Å². The summed E-state index contributed by atoms with van der Waals surface area (Å²) in [6.07, 6.45) is 1.06. The largest absolute Gasteiger partial charge is 0.149 e. The van der Waals surface area contributed by atoms with E-state index in [9.17, 15) is 0 Å². The third kappa shape index (κ3) is 2.58. The van der Waals surface area contributed by atoms with E-state index in [-0.39, 0.29) is 0 Å². The highest BCUT2D eigenvalue weighted by atomic mass is 127. The van der Waals surface area contributed by atoms with Gasteiger partial charge < -0.3 is 0 Å². The highest BCUT2D eigenvalue weighted by Crippen LogP contribution is 2.18. The highest BCUT2D eigenvalue weighted by Gasteiger charge is 1.98. The normalized spacial score (nSPS) is 10.4. The van der Waals surface area contributed by atoms with Crippen molar-refractivity contribution in [3.05, 3.63) is 55.3 Å². The Kier molecular flexibility index (Phi) is 3.23.